The minimum atomic E-state index is -4.34. The molecule has 1 heterocycles. The summed E-state index contributed by atoms with van der Waals surface area (Å²) in [4.78, 5) is 0. The number of hydrogen-bond donors (Lipinski definition) is 1. The van der Waals surface area contributed by atoms with Crippen molar-refractivity contribution in [2.45, 2.75) is 52.0 Å². The van der Waals surface area contributed by atoms with E-state index in [0.29, 0.717) is 17.7 Å². The first-order valence-electron chi connectivity index (χ1n) is 8.26. The fourth-order valence-electron chi connectivity index (χ4n) is 2.61. The summed E-state index contributed by atoms with van der Waals surface area (Å²) in [5, 5.41) is 3.07. The summed E-state index contributed by atoms with van der Waals surface area (Å²) >= 11 is 0. The number of benzene rings is 1. The van der Waals surface area contributed by atoms with E-state index in [-0.39, 0.29) is 0 Å². The Morgan fingerprint density at radius 1 is 1.16 bits per heavy atom. The van der Waals surface area contributed by atoms with Gasteiger partial charge in [-0.25, -0.2) is 0 Å². The molecule has 1 saturated heterocycles. The van der Waals surface area contributed by atoms with E-state index in [2.05, 4.69) is 5.32 Å². The molecule has 1 fully saturated rings. The summed E-state index contributed by atoms with van der Waals surface area (Å²) < 4.78 is 50.6. The van der Waals surface area contributed by atoms with Gasteiger partial charge in [-0.05, 0) is 70.4 Å². The first-order valence-corrected chi connectivity index (χ1v) is 8.26. The number of alkyl halides is 3. The number of nitrogens with one attached hydrogen (secondary N) is 1. The second-order valence-electron chi connectivity index (χ2n) is 7.41. The van der Waals surface area contributed by atoms with E-state index < -0.39 is 30.1 Å². The Hall–Kier alpha value is -1.31. The molecule has 138 valence electrons. The molecule has 0 radical (unpaired) electrons. The van der Waals surface area contributed by atoms with Crippen molar-refractivity contribution in [3.63, 3.8) is 0 Å². The molecular formula is C18H25BF3NO2. The molecule has 2 rings (SSSR count). The van der Waals surface area contributed by atoms with Crippen LogP contribution in [0.1, 0.15) is 44.4 Å². The minimum absolute atomic E-state index is 0.473. The van der Waals surface area contributed by atoms with Crippen molar-refractivity contribution < 1.29 is 22.5 Å². The van der Waals surface area contributed by atoms with Gasteiger partial charge in [0, 0.05) is 6.54 Å². The molecule has 0 unspecified atom stereocenters. The van der Waals surface area contributed by atoms with E-state index in [0.717, 1.165) is 17.6 Å². The van der Waals surface area contributed by atoms with Crippen LogP contribution in [0.4, 0.5) is 13.2 Å². The van der Waals surface area contributed by atoms with Crippen molar-refractivity contribution in [1.82, 2.24) is 5.32 Å². The van der Waals surface area contributed by atoms with Crippen LogP contribution in [-0.4, -0.2) is 31.9 Å². The van der Waals surface area contributed by atoms with Crippen LogP contribution in [0.3, 0.4) is 0 Å². The summed E-state index contributed by atoms with van der Waals surface area (Å²) in [7, 11) is 1.26. The zero-order valence-electron chi connectivity index (χ0n) is 15.5. The van der Waals surface area contributed by atoms with Gasteiger partial charge in [-0.15, -0.1) is 0 Å². The highest BCUT2D eigenvalue weighted by molar-refractivity contribution is 6.55. The number of aryl methyl sites for hydroxylation is 1. The third kappa shape index (κ3) is 4.27. The van der Waals surface area contributed by atoms with Gasteiger partial charge in [-0.2, -0.15) is 13.2 Å². The maximum Gasteiger partial charge on any atom is 0.491 e. The molecule has 0 spiro atoms. The molecule has 0 amide bonds. The summed E-state index contributed by atoms with van der Waals surface area (Å²) in [5.74, 6) is 0. The lowest BCUT2D eigenvalue weighted by molar-refractivity contribution is -0.137. The zero-order chi connectivity index (χ0) is 19.0. The Labute approximate surface area is 147 Å². The molecule has 0 bridgehead atoms. The fraction of sp³-hybridized carbons (Fsp3) is 0.556. The normalized spacial score (nSPS) is 20.2. The quantitative estimate of drug-likeness (QED) is 0.820. The lowest BCUT2D eigenvalue weighted by Gasteiger charge is -2.32. The van der Waals surface area contributed by atoms with Gasteiger partial charge in [0.05, 0.1) is 16.8 Å². The predicted octanol–water partition coefficient (Wildman–Crippen LogP) is 4.25. The van der Waals surface area contributed by atoms with Crippen molar-refractivity contribution in [1.29, 1.82) is 0 Å². The lowest BCUT2D eigenvalue weighted by Crippen LogP contribution is -2.41. The molecule has 1 aromatic carbocycles. The maximum atomic E-state index is 12.8. The molecule has 25 heavy (non-hydrogen) atoms. The number of likely N-dealkylation sites (N-methyl/N-ethyl adjacent to an activating group) is 1. The van der Waals surface area contributed by atoms with Crippen LogP contribution in [-0.2, 0) is 15.5 Å². The van der Waals surface area contributed by atoms with E-state index in [4.69, 9.17) is 9.31 Å². The van der Waals surface area contributed by atoms with Gasteiger partial charge < -0.3 is 14.6 Å². The third-order valence-corrected chi connectivity index (χ3v) is 4.87. The Balaban J connectivity index is 2.35. The highest BCUT2D eigenvalue weighted by Crippen LogP contribution is 2.39. The van der Waals surface area contributed by atoms with E-state index in [1.54, 1.807) is 14.0 Å². The summed E-state index contributed by atoms with van der Waals surface area (Å²) in [6.07, 6.45) is -2.50. The third-order valence-electron chi connectivity index (χ3n) is 4.87. The molecule has 1 aliphatic heterocycles. The van der Waals surface area contributed by atoms with Gasteiger partial charge in [0.2, 0.25) is 0 Å². The Morgan fingerprint density at radius 2 is 1.72 bits per heavy atom. The van der Waals surface area contributed by atoms with E-state index in [9.17, 15) is 13.2 Å². The average molecular weight is 355 g/mol. The van der Waals surface area contributed by atoms with Gasteiger partial charge in [-0.3, -0.25) is 0 Å². The van der Waals surface area contributed by atoms with Crippen molar-refractivity contribution >= 4 is 13.2 Å². The van der Waals surface area contributed by atoms with Crippen LogP contribution in [0.5, 0.6) is 0 Å². The number of halogens is 3. The van der Waals surface area contributed by atoms with Crippen molar-refractivity contribution in [2.24, 2.45) is 0 Å². The molecule has 0 aromatic heterocycles. The van der Waals surface area contributed by atoms with Crippen LogP contribution in [0.2, 0.25) is 0 Å². The topological polar surface area (TPSA) is 30.5 Å². The second-order valence-corrected chi connectivity index (χ2v) is 7.41. The summed E-state index contributed by atoms with van der Waals surface area (Å²) in [5.41, 5.74) is 0.518. The average Bonchev–Trinajstić information content (AvgIpc) is 2.67. The Bertz CT molecular complexity index is 653. The zero-order valence-corrected chi connectivity index (χ0v) is 15.5. The molecule has 7 heteroatoms. The monoisotopic (exact) mass is 355 g/mol. The van der Waals surface area contributed by atoms with Crippen LogP contribution in [0, 0.1) is 6.92 Å². The molecule has 0 atom stereocenters. The molecular weight excluding hydrogens is 330 g/mol. The largest absolute Gasteiger partial charge is 0.491 e. The van der Waals surface area contributed by atoms with Gasteiger partial charge in [0.25, 0.3) is 0 Å². The molecule has 0 saturated carbocycles. The molecule has 0 aliphatic carbocycles. The molecule has 1 aromatic rings. The highest BCUT2D eigenvalue weighted by atomic mass is 19.4. The molecule has 1 N–H and O–H groups in total. The number of hydrogen-bond acceptors (Lipinski definition) is 3. The molecule has 3 nitrogen and oxygen atoms in total. The SMILES string of the molecule is CNCC(=Cc1ccc(C(F)(F)F)cc1C)B1OC(C)(C)C(C)(C)O1. The number of rotatable bonds is 4. The van der Waals surface area contributed by atoms with Crippen molar-refractivity contribution in [2.75, 3.05) is 13.6 Å². The van der Waals surface area contributed by atoms with E-state index in [1.807, 2.05) is 33.8 Å². The maximum absolute atomic E-state index is 12.8. The highest BCUT2D eigenvalue weighted by Gasteiger charge is 2.52. The van der Waals surface area contributed by atoms with Crippen molar-refractivity contribution in [3.05, 3.63) is 40.4 Å². The second kappa shape index (κ2) is 6.78. The summed E-state index contributed by atoms with van der Waals surface area (Å²) in [6.45, 7) is 10.0. The minimum Gasteiger partial charge on any atom is -0.400 e. The van der Waals surface area contributed by atoms with Crippen LogP contribution in [0.25, 0.3) is 6.08 Å². The van der Waals surface area contributed by atoms with Crippen LogP contribution < -0.4 is 5.32 Å². The van der Waals surface area contributed by atoms with E-state index in [1.165, 1.54) is 6.07 Å². The van der Waals surface area contributed by atoms with Gasteiger partial charge in [0.1, 0.15) is 0 Å². The van der Waals surface area contributed by atoms with Gasteiger partial charge in [0.15, 0.2) is 0 Å². The van der Waals surface area contributed by atoms with Crippen LogP contribution >= 0.6 is 0 Å². The Kier molecular flexibility index (Phi) is 5.43. The van der Waals surface area contributed by atoms with Gasteiger partial charge in [-0.1, -0.05) is 12.1 Å². The first kappa shape index (κ1) is 20.0. The standard InChI is InChI=1S/C18H25BF3NO2/c1-12-9-14(18(20,21)22)8-7-13(12)10-15(11-23-6)19-24-16(2,3)17(4,5)25-19/h7-10,23H,11H2,1-6H3. The van der Waals surface area contributed by atoms with Gasteiger partial charge >= 0.3 is 13.3 Å². The fourth-order valence-corrected chi connectivity index (χ4v) is 2.61. The smallest absolute Gasteiger partial charge is 0.400 e. The molecule has 1 aliphatic rings. The first-order chi connectivity index (χ1) is 11.4. The van der Waals surface area contributed by atoms with Crippen LogP contribution in [0.15, 0.2) is 23.7 Å². The Morgan fingerprint density at radius 3 is 2.16 bits per heavy atom. The predicted molar refractivity (Wildman–Crippen MR) is 94.2 cm³/mol. The van der Waals surface area contributed by atoms with E-state index >= 15 is 0 Å². The summed E-state index contributed by atoms with van der Waals surface area (Å²) in [6, 6.07) is 3.74. The van der Waals surface area contributed by atoms with Crippen molar-refractivity contribution in [3.8, 4) is 0 Å². The lowest BCUT2D eigenvalue weighted by atomic mass is 9.76.